The average molecular weight is 340 g/mol. The van der Waals surface area contributed by atoms with Crippen molar-refractivity contribution in [3.05, 3.63) is 0 Å². The number of quaternary nitrogens is 1. The van der Waals surface area contributed by atoms with E-state index >= 15 is 0 Å². The van der Waals surface area contributed by atoms with Gasteiger partial charge >= 0.3 is 0 Å². The van der Waals surface area contributed by atoms with E-state index in [0.29, 0.717) is 31.5 Å². The van der Waals surface area contributed by atoms with Crippen LogP contribution in [0.4, 0.5) is 0 Å². The highest BCUT2D eigenvalue weighted by Crippen LogP contribution is 2.52. The normalized spacial score (nSPS) is 29.5. The van der Waals surface area contributed by atoms with Crippen molar-refractivity contribution < 1.29 is 24.0 Å². The SMILES string of the molecule is CCC1C[N+](C)(C)CC1C(CC1(C(N)=O)CC1)C(=O)NC(O)C=O. The second-order valence-electron chi connectivity index (χ2n) is 8.18. The fourth-order valence-electron chi connectivity index (χ4n) is 4.30. The number of rotatable bonds is 8. The lowest BCUT2D eigenvalue weighted by Crippen LogP contribution is -2.46. The molecule has 0 aromatic carbocycles. The van der Waals surface area contributed by atoms with Crippen molar-refractivity contribution in [1.29, 1.82) is 0 Å². The van der Waals surface area contributed by atoms with Crippen LogP contribution in [0.25, 0.3) is 0 Å². The maximum absolute atomic E-state index is 12.7. The summed E-state index contributed by atoms with van der Waals surface area (Å²) in [5.74, 6) is -0.642. The zero-order valence-corrected chi connectivity index (χ0v) is 14.8. The molecule has 136 valence electrons. The van der Waals surface area contributed by atoms with E-state index in [0.717, 1.165) is 24.0 Å². The molecule has 1 aliphatic heterocycles. The first-order chi connectivity index (χ1) is 11.1. The van der Waals surface area contributed by atoms with Crippen LogP contribution >= 0.6 is 0 Å². The van der Waals surface area contributed by atoms with Crippen LogP contribution in [0.15, 0.2) is 0 Å². The molecule has 4 unspecified atom stereocenters. The van der Waals surface area contributed by atoms with E-state index in [1.54, 1.807) is 0 Å². The number of hydrogen-bond donors (Lipinski definition) is 3. The van der Waals surface area contributed by atoms with E-state index in [2.05, 4.69) is 26.3 Å². The Hall–Kier alpha value is -1.47. The first-order valence-electron chi connectivity index (χ1n) is 8.70. The van der Waals surface area contributed by atoms with Crippen molar-refractivity contribution in [1.82, 2.24) is 5.32 Å². The van der Waals surface area contributed by atoms with Crippen molar-refractivity contribution in [2.24, 2.45) is 28.9 Å². The first-order valence-corrected chi connectivity index (χ1v) is 8.70. The van der Waals surface area contributed by atoms with Crippen LogP contribution in [0, 0.1) is 23.2 Å². The summed E-state index contributed by atoms with van der Waals surface area (Å²) < 4.78 is 0.826. The van der Waals surface area contributed by atoms with Crippen molar-refractivity contribution >= 4 is 18.1 Å². The summed E-state index contributed by atoms with van der Waals surface area (Å²) in [4.78, 5) is 35.2. The van der Waals surface area contributed by atoms with Gasteiger partial charge in [-0.3, -0.25) is 14.4 Å². The molecule has 0 aromatic heterocycles. The van der Waals surface area contributed by atoms with Gasteiger partial charge in [0, 0.05) is 23.2 Å². The van der Waals surface area contributed by atoms with Gasteiger partial charge in [-0.25, -0.2) is 0 Å². The standard InChI is InChI=1S/C17H29N3O4/c1-4-11-8-20(2,3)9-13(11)12(15(23)19-14(22)10-21)7-17(5-6-17)16(18)24/h10-14,22H,4-9H2,1-3H3,(H2-,18,19,23,24)/p+1. The molecule has 1 saturated carbocycles. The number of nitrogens with two attached hydrogens (primary N) is 1. The molecule has 1 aliphatic carbocycles. The summed E-state index contributed by atoms with van der Waals surface area (Å²) in [7, 11) is 4.28. The second-order valence-corrected chi connectivity index (χ2v) is 8.18. The Morgan fingerprint density at radius 3 is 2.46 bits per heavy atom. The van der Waals surface area contributed by atoms with Crippen LogP contribution in [0.2, 0.25) is 0 Å². The van der Waals surface area contributed by atoms with E-state index in [9.17, 15) is 19.5 Å². The van der Waals surface area contributed by atoms with Crippen molar-refractivity contribution in [2.75, 3.05) is 27.2 Å². The molecule has 0 radical (unpaired) electrons. The van der Waals surface area contributed by atoms with E-state index in [1.807, 2.05) is 0 Å². The number of aliphatic hydroxyl groups is 1. The number of likely N-dealkylation sites (tertiary alicyclic amines) is 1. The molecule has 2 amide bonds. The number of carbonyl (C=O) groups excluding carboxylic acids is 3. The Kier molecular flexibility index (Phi) is 5.34. The summed E-state index contributed by atoms with van der Waals surface area (Å²) in [6.45, 7) is 3.92. The van der Waals surface area contributed by atoms with Crippen LogP contribution in [0.1, 0.15) is 32.6 Å². The molecule has 0 spiro atoms. The topological polar surface area (TPSA) is 109 Å². The Labute approximate surface area is 143 Å². The lowest BCUT2D eigenvalue weighted by atomic mass is 9.76. The van der Waals surface area contributed by atoms with Crippen molar-refractivity contribution in [3.8, 4) is 0 Å². The summed E-state index contributed by atoms with van der Waals surface area (Å²) in [6.07, 6.45) is 1.57. The second kappa shape index (κ2) is 6.80. The molecule has 0 bridgehead atoms. The zero-order valence-electron chi connectivity index (χ0n) is 14.8. The summed E-state index contributed by atoms with van der Waals surface area (Å²) >= 11 is 0. The highest BCUT2D eigenvalue weighted by Gasteiger charge is 2.54. The molecular weight excluding hydrogens is 310 g/mol. The van der Waals surface area contributed by atoms with Crippen LogP contribution in [-0.4, -0.2) is 61.1 Å². The monoisotopic (exact) mass is 340 g/mol. The Morgan fingerprint density at radius 1 is 1.38 bits per heavy atom. The highest BCUT2D eigenvalue weighted by molar-refractivity contribution is 5.86. The molecule has 7 heteroatoms. The minimum atomic E-state index is -1.51. The third-order valence-electron chi connectivity index (χ3n) is 5.82. The molecular formula is C17H30N3O4+. The summed E-state index contributed by atoms with van der Waals surface area (Å²) in [5.41, 5.74) is 4.96. The third-order valence-corrected chi connectivity index (χ3v) is 5.82. The summed E-state index contributed by atoms with van der Waals surface area (Å²) in [6, 6.07) is 0. The first kappa shape index (κ1) is 18.9. The molecule has 7 nitrogen and oxygen atoms in total. The Bertz CT molecular complexity index is 516. The number of aliphatic hydroxyl groups excluding tert-OH is 1. The molecule has 2 aliphatic rings. The number of amides is 2. The predicted molar refractivity (Wildman–Crippen MR) is 88.3 cm³/mol. The van der Waals surface area contributed by atoms with Gasteiger partial charge in [0.2, 0.25) is 11.8 Å². The number of hydrogen-bond acceptors (Lipinski definition) is 4. The minimum Gasteiger partial charge on any atom is -0.369 e. The van der Waals surface area contributed by atoms with Crippen molar-refractivity contribution in [3.63, 3.8) is 0 Å². The average Bonchev–Trinajstić information content (AvgIpc) is 3.23. The van der Waals surface area contributed by atoms with Gasteiger partial charge in [0.25, 0.3) is 0 Å². The minimum absolute atomic E-state index is 0.112. The fourth-order valence-corrected chi connectivity index (χ4v) is 4.30. The maximum atomic E-state index is 12.7. The van der Waals surface area contributed by atoms with Gasteiger partial charge in [0.05, 0.1) is 27.2 Å². The lowest BCUT2D eigenvalue weighted by molar-refractivity contribution is -0.880. The Morgan fingerprint density at radius 2 is 2.00 bits per heavy atom. The van der Waals surface area contributed by atoms with Crippen LogP contribution in [-0.2, 0) is 14.4 Å². The van der Waals surface area contributed by atoms with E-state index in [4.69, 9.17) is 5.73 Å². The van der Waals surface area contributed by atoms with E-state index in [-0.39, 0.29) is 17.7 Å². The van der Waals surface area contributed by atoms with Gasteiger partial charge in [-0.05, 0) is 25.7 Å². The van der Waals surface area contributed by atoms with Gasteiger partial charge in [-0.2, -0.15) is 0 Å². The van der Waals surface area contributed by atoms with Gasteiger partial charge in [-0.1, -0.05) is 6.92 Å². The molecule has 4 atom stereocenters. The van der Waals surface area contributed by atoms with Gasteiger partial charge in [0.15, 0.2) is 12.5 Å². The molecule has 0 aromatic rings. The van der Waals surface area contributed by atoms with Gasteiger partial charge < -0.3 is 20.6 Å². The number of aldehydes is 1. The molecule has 4 N–H and O–H groups in total. The van der Waals surface area contributed by atoms with Crippen molar-refractivity contribution in [2.45, 2.75) is 38.8 Å². The molecule has 2 fully saturated rings. The molecule has 24 heavy (non-hydrogen) atoms. The van der Waals surface area contributed by atoms with Crippen LogP contribution in [0.3, 0.4) is 0 Å². The smallest absolute Gasteiger partial charge is 0.225 e. The van der Waals surface area contributed by atoms with E-state index < -0.39 is 17.6 Å². The number of nitrogens with one attached hydrogen (secondary N) is 1. The highest BCUT2D eigenvalue weighted by atomic mass is 16.3. The Balaban J connectivity index is 2.23. The maximum Gasteiger partial charge on any atom is 0.225 e. The molecule has 2 rings (SSSR count). The van der Waals surface area contributed by atoms with Gasteiger partial charge in [0.1, 0.15) is 0 Å². The fraction of sp³-hybridized carbons (Fsp3) is 0.824. The van der Waals surface area contributed by atoms with Gasteiger partial charge in [-0.15, -0.1) is 0 Å². The van der Waals surface area contributed by atoms with E-state index in [1.165, 1.54) is 0 Å². The predicted octanol–water partition coefficient (Wildman–Crippen LogP) is -0.376. The quantitative estimate of drug-likeness (QED) is 0.318. The number of carbonyl (C=O) groups is 3. The molecule has 1 heterocycles. The molecule has 1 saturated heterocycles. The number of nitrogens with zero attached hydrogens (tertiary/aromatic N) is 1. The summed E-state index contributed by atoms with van der Waals surface area (Å²) in [5, 5.41) is 11.8. The zero-order chi connectivity index (χ0) is 18.1. The third kappa shape index (κ3) is 3.95. The van der Waals surface area contributed by atoms with Crippen LogP contribution in [0.5, 0.6) is 0 Å². The lowest BCUT2D eigenvalue weighted by Gasteiger charge is -2.29. The number of primary amides is 1. The van der Waals surface area contributed by atoms with Crippen LogP contribution < -0.4 is 11.1 Å². The largest absolute Gasteiger partial charge is 0.369 e.